The summed E-state index contributed by atoms with van der Waals surface area (Å²) in [5.74, 6) is -0.470. The SMILES string of the molecule is CCOC(=O)c1ccc([N+](=O)[O-])cc1.[W]. The van der Waals surface area contributed by atoms with E-state index in [2.05, 4.69) is 0 Å². The molecule has 0 heterocycles. The Kier molecular flexibility index (Phi) is 5.78. The maximum atomic E-state index is 11.1. The molecule has 0 amide bonds. The van der Waals surface area contributed by atoms with Crippen molar-refractivity contribution in [3.05, 3.63) is 39.9 Å². The van der Waals surface area contributed by atoms with E-state index in [1.165, 1.54) is 24.3 Å². The van der Waals surface area contributed by atoms with Crippen molar-refractivity contribution < 1.29 is 35.5 Å². The summed E-state index contributed by atoms with van der Waals surface area (Å²) in [5, 5.41) is 10.3. The third-order valence-electron chi connectivity index (χ3n) is 1.59. The number of carbonyl (C=O) groups is 1. The minimum absolute atomic E-state index is 0. The van der Waals surface area contributed by atoms with E-state index in [-0.39, 0.29) is 33.4 Å². The van der Waals surface area contributed by atoms with Gasteiger partial charge in [-0.15, -0.1) is 0 Å². The minimum Gasteiger partial charge on any atom is -0.462 e. The maximum absolute atomic E-state index is 11.1. The number of non-ortho nitro benzene ring substituents is 1. The molecule has 0 bridgehead atoms. The Bertz CT molecular complexity index is 350. The van der Waals surface area contributed by atoms with Gasteiger partial charge in [-0.25, -0.2) is 4.79 Å². The van der Waals surface area contributed by atoms with Crippen LogP contribution in [0.25, 0.3) is 0 Å². The van der Waals surface area contributed by atoms with Crippen LogP contribution in [0, 0.1) is 10.1 Å². The number of ether oxygens (including phenoxy) is 1. The van der Waals surface area contributed by atoms with Crippen LogP contribution < -0.4 is 0 Å². The summed E-state index contributed by atoms with van der Waals surface area (Å²) in [7, 11) is 0. The molecule has 6 heteroatoms. The van der Waals surface area contributed by atoms with E-state index < -0.39 is 10.9 Å². The standard InChI is InChI=1S/C9H9NO4.W/c1-2-14-9(11)7-3-5-8(6-4-7)10(12)13;/h3-6H,2H2,1H3;. The normalized spacial score (nSPS) is 8.87. The van der Waals surface area contributed by atoms with Gasteiger partial charge >= 0.3 is 5.97 Å². The molecule has 0 N–H and O–H groups in total. The van der Waals surface area contributed by atoms with Crippen LogP contribution in [0.15, 0.2) is 24.3 Å². The fourth-order valence-electron chi connectivity index (χ4n) is 0.934. The summed E-state index contributed by atoms with van der Waals surface area (Å²) in [4.78, 5) is 20.9. The number of rotatable bonds is 3. The smallest absolute Gasteiger partial charge is 0.338 e. The van der Waals surface area contributed by atoms with Crippen molar-refractivity contribution in [2.24, 2.45) is 0 Å². The van der Waals surface area contributed by atoms with E-state index in [1.807, 2.05) is 0 Å². The Labute approximate surface area is 101 Å². The molecule has 80 valence electrons. The number of benzene rings is 1. The molecule has 0 atom stereocenters. The molecule has 0 aliphatic heterocycles. The van der Waals surface area contributed by atoms with Crippen LogP contribution in [0.1, 0.15) is 17.3 Å². The summed E-state index contributed by atoms with van der Waals surface area (Å²) in [6, 6.07) is 5.28. The second-order valence-electron chi connectivity index (χ2n) is 2.52. The van der Waals surface area contributed by atoms with Crippen LogP contribution in [0.5, 0.6) is 0 Å². The van der Waals surface area contributed by atoms with Gasteiger partial charge in [0.15, 0.2) is 0 Å². The van der Waals surface area contributed by atoms with Crippen LogP contribution in [0.3, 0.4) is 0 Å². The Morgan fingerprint density at radius 2 is 1.93 bits per heavy atom. The van der Waals surface area contributed by atoms with E-state index in [0.717, 1.165) is 0 Å². The first-order chi connectivity index (χ1) is 6.65. The molecule has 0 fully saturated rings. The first-order valence-electron chi connectivity index (χ1n) is 4.06. The van der Waals surface area contributed by atoms with Crippen LogP contribution in [0.2, 0.25) is 0 Å². The first-order valence-corrected chi connectivity index (χ1v) is 4.06. The van der Waals surface area contributed by atoms with Crippen molar-refractivity contribution in [1.29, 1.82) is 0 Å². The van der Waals surface area contributed by atoms with Gasteiger partial charge in [0.05, 0.1) is 17.1 Å². The molecular formula is C9H9NO4W. The van der Waals surface area contributed by atoms with Gasteiger partial charge in [0, 0.05) is 33.2 Å². The van der Waals surface area contributed by atoms with Crippen molar-refractivity contribution in [3.8, 4) is 0 Å². The number of esters is 1. The van der Waals surface area contributed by atoms with E-state index in [0.29, 0.717) is 5.56 Å². The van der Waals surface area contributed by atoms with Gasteiger partial charge in [-0.1, -0.05) is 0 Å². The predicted octanol–water partition coefficient (Wildman–Crippen LogP) is 1.77. The molecule has 5 nitrogen and oxygen atoms in total. The van der Waals surface area contributed by atoms with Crippen molar-refractivity contribution in [1.82, 2.24) is 0 Å². The molecule has 0 saturated heterocycles. The zero-order chi connectivity index (χ0) is 10.6. The zero-order valence-corrected chi connectivity index (χ0v) is 10.9. The number of nitro benzene ring substituents is 1. The molecule has 0 unspecified atom stereocenters. The molecule has 1 aromatic rings. The minimum atomic E-state index is -0.519. The van der Waals surface area contributed by atoms with Gasteiger partial charge in [-0.05, 0) is 19.1 Å². The summed E-state index contributed by atoms with van der Waals surface area (Å²) >= 11 is 0. The van der Waals surface area contributed by atoms with Crippen LogP contribution in [0.4, 0.5) is 5.69 Å². The quantitative estimate of drug-likeness (QED) is 0.456. The van der Waals surface area contributed by atoms with E-state index >= 15 is 0 Å². The summed E-state index contributed by atoms with van der Waals surface area (Å²) < 4.78 is 4.72. The van der Waals surface area contributed by atoms with Crippen molar-refractivity contribution in [3.63, 3.8) is 0 Å². The average molecular weight is 379 g/mol. The van der Waals surface area contributed by atoms with Gasteiger partial charge < -0.3 is 4.74 Å². The van der Waals surface area contributed by atoms with Crippen molar-refractivity contribution in [2.45, 2.75) is 6.92 Å². The topological polar surface area (TPSA) is 69.4 Å². The first kappa shape index (κ1) is 13.8. The fourth-order valence-corrected chi connectivity index (χ4v) is 0.934. The predicted molar refractivity (Wildman–Crippen MR) is 49.1 cm³/mol. The fraction of sp³-hybridized carbons (Fsp3) is 0.222. The third kappa shape index (κ3) is 3.79. The largest absolute Gasteiger partial charge is 0.462 e. The van der Waals surface area contributed by atoms with Crippen molar-refractivity contribution >= 4 is 11.7 Å². The van der Waals surface area contributed by atoms with Crippen LogP contribution in [-0.2, 0) is 25.8 Å². The van der Waals surface area contributed by atoms with Crippen molar-refractivity contribution in [2.75, 3.05) is 6.61 Å². The monoisotopic (exact) mass is 379 g/mol. The molecular weight excluding hydrogens is 370 g/mol. The van der Waals surface area contributed by atoms with Gasteiger partial charge in [-0.3, -0.25) is 10.1 Å². The van der Waals surface area contributed by atoms with E-state index in [9.17, 15) is 14.9 Å². The van der Waals surface area contributed by atoms with Crippen LogP contribution >= 0.6 is 0 Å². The molecule has 0 spiro atoms. The number of hydrogen-bond donors (Lipinski definition) is 0. The number of carbonyl (C=O) groups excluding carboxylic acids is 1. The summed E-state index contributed by atoms with van der Waals surface area (Å²) in [5.41, 5.74) is 0.274. The van der Waals surface area contributed by atoms with E-state index in [4.69, 9.17) is 4.74 Å². The number of nitrogens with zero attached hydrogens (tertiary/aromatic N) is 1. The molecule has 1 aromatic carbocycles. The molecule has 0 aliphatic rings. The van der Waals surface area contributed by atoms with E-state index in [1.54, 1.807) is 6.92 Å². The molecule has 0 aliphatic carbocycles. The third-order valence-corrected chi connectivity index (χ3v) is 1.59. The molecule has 0 radical (unpaired) electrons. The van der Waals surface area contributed by atoms with Gasteiger partial charge in [-0.2, -0.15) is 0 Å². The molecule has 1 rings (SSSR count). The van der Waals surface area contributed by atoms with Gasteiger partial charge in [0.1, 0.15) is 0 Å². The Balaban J connectivity index is 0.00000196. The second-order valence-corrected chi connectivity index (χ2v) is 2.52. The number of nitro groups is 1. The zero-order valence-electron chi connectivity index (χ0n) is 8.00. The summed E-state index contributed by atoms with van der Waals surface area (Å²) in [6.45, 7) is 1.99. The average Bonchev–Trinajstić information content (AvgIpc) is 2.18. The Morgan fingerprint density at radius 1 is 1.40 bits per heavy atom. The van der Waals surface area contributed by atoms with Gasteiger partial charge in [0.25, 0.3) is 5.69 Å². The maximum Gasteiger partial charge on any atom is 0.338 e. The van der Waals surface area contributed by atoms with Crippen LogP contribution in [-0.4, -0.2) is 17.5 Å². The summed E-state index contributed by atoms with van der Waals surface area (Å²) in [6.07, 6.45) is 0. The Hall–Kier alpha value is -1.22. The second kappa shape index (κ2) is 6.30. The molecule has 15 heavy (non-hydrogen) atoms. The molecule has 0 aromatic heterocycles. The van der Waals surface area contributed by atoms with Gasteiger partial charge in [0.2, 0.25) is 0 Å². The number of hydrogen-bond acceptors (Lipinski definition) is 4. The Morgan fingerprint density at radius 3 is 2.33 bits per heavy atom. The molecule has 0 saturated carbocycles.